The van der Waals surface area contributed by atoms with Gasteiger partial charge in [-0.25, -0.2) is 10.5 Å². The molecule has 0 unspecified atom stereocenters. The maximum atomic E-state index is 11.8. The van der Waals surface area contributed by atoms with Crippen LogP contribution in [0.15, 0.2) is 17.1 Å². The Balaban J connectivity index is 2.28. The van der Waals surface area contributed by atoms with Crippen molar-refractivity contribution in [2.24, 2.45) is 5.84 Å². The Hall–Kier alpha value is -2.00. The van der Waals surface area contributed by atoms with E-state index in [0.717, 1.165) is 17.2 Å². The molecule has 0 amide bonds. The summed E-state index contributed by atoms with van der Waals surface area (Å²) < 4.78 is 5.07. The van der Waals surface area contributed by atoms with Crippen LogP contribution in [0.5, 0.6) is 0 Å². The summed E-state index contributed by atoms with van der Waals surface area (Å²) in [6.45, 7) is 0.239. The van der Waals surface area contributed by atoms with Crippen LogP contribution in [0.2, 0.25) is 0 Å². The lowest BCUT2D eigenvalue weighted by Crippen LogP contribution is -2.25. The van der Waals surface area contributed by atoms with E-state index in [2.05, 4.69) is 20.1 Å². The summed E-state index contributed by atoms with van der Waals surface area (Å²) in [6, 6.07) is 1.52. The predicted molar refractivity (Wildman–Crippen MR) is 69.6 cm³/mol. The van der Waals surface area contributed by atoms with Crippen molar-refractivity contribution in [3.8, 4) is 0 Å². The number of hydrogen-bond acceptors (Lipinski definition) is 8. The highest BCUT2D eigenvalue weighted by Gasteiger charge is 2.09. The molecule has 0 fully saturated rings. The van der Waals surface area contributed by atoms with E-state index in [1.807, 2.05) is 19.0 Å². The van der Waals surface area contributed by atoms with Gasteiger partial charge in [-0.2, -0.15) is 5.10 Å². The normalized spacial score (nSPS) is 10.4. The summed E-state index contributed by atoms with van der Waals surface area (Å²) in [6.07, 6.45) is 1.62. The highest BCUT2D eigenvalue weighted by molar-refractivity contribution is 7.10. The molecule has 0 aliphatic heterocycles. The van der Waals surface area contributed by atoms with Crippen molar-refractivity contribution in [2.45, 2.75) is 6.54 Å². The van der Waals surface area contributed by atoms with Gasteiger partial charge in [0.15, 0.2) is 0 Å². The van der Waals surface area contributed by atoms with Crippen molar-refractivity contribution in [3.05, 3.63) is 28.3 Å². The summed E-state index contributed by atoms with van der Waals surface area (Å²) in [5, 5.41) is 8.60. The first-order valence-electron chi connectivity index (χ1n) is 5.14. The number of nitrogens with two attached hydrogens (primary N) is 1. The van der Waals surface area contributed by atoms with Gasteiger partial charge in [0.1, 0.15) is 10.7 Å². The molecule has 0 aliphatic rings. The molecule has 0 aliphatic carbocycles. The minimum absolute atomic E-state index is 0.197. The number of anilines is 2. The van der Waals surface area contributed by atoms with Crippen LogP contribution in [0.4, 0.5) is 10.7 Å². The van der Waals surface area contributed by atoms with Gasteiger partial charge in [0, 0.05) is 31.7 Å². The lowest BCUT2D eigenvalue weighted by atomic mass is 10.4. The fourth-order valence-corrected chi connectivity index (χ4v) is 1.84. The summed E-state index contributed by atoms with van der Waals surface area (Å²) in [5.41, 5.74) is 3.64. The second-order valence-electron chi connectivity index (χ2n) is 3.80. The van der Waals surface area contributed by atoms with E-state index in [9.17, 15) is 4.79 Å². The Bertz CT molecular complexity index is 591. The number of hydrogen-bond donors (Lipinski definition) is 2. The van der Waals surface area contributed by atoms with Crippen molar-refractivity contribution in [1.82, 2.24) is 19.4 Å². The van der Waals surface area contributed by atoms with Gasteiger partial charge in [0.25, 0.3) is 5.56 Å². The third-order valence-corrected chi connectivity index (χ3v) is 3.06. The van der Waals surface area contributed by atoms with Crippen molar-refractivity contribution < 1.29 is 0 Å². The van der Waals surface area contributed by atoms with Gasteiger partial charge in [0.05, 0.1) is 18.4 Å². The molecule has 0 saturated carbocycles. The zero-order valence-corrected chi connectivity index (χ0v) is 10.8. The fraction of sp³-hybridized carbons (Fsp3) is 0.333. The van der Waals surface area contributed by atoms with E-state index in [4.69, 9.17) is 5.84 Å². The third kappa shape index (κ3) is 2.46. The Morgan fingerprint density at radius 3 is 2.94 bits per heavy atom. The van der Waals surface area contributed by atoms with Crippen molar-refractivity contribution in [1.29, 1.82) is 0 Å². The van der Waals surface area contributed by atoms with E-state index >= 15 is 0 Å². The third-order valence-electron chi connectivity index (χ3n) is 2.36. The largest absolute Gasteiger partial charge is 0.376 e. The Morgan fingerprint density at radius 2 is 2.33 bits per heavy atom. The quantitative estimate of drug-likeness (QED) is 0.568. The van der Waals surface area contributed by atoms with E-state index in [1.54, 1.807) is 6.20 Å². The van der Waals surface area contributed by atoms with E-state index in [-0.39, 0.29) is 12.1 Å². The van der Waals surface area contributed by atoms with Crippen LogP contribution >= 0.6 is 11.5 Å². The smallest absolute Gasteiger partial charge is 0.269 e. The molecule has 2 rings (SSSR count). The average Bonchev–Trinajstić information content (AvgIpc) is 2.78. The molecule has 0 aromatic carbocycles. The van der Waals surface area contributed by atoms with Gasteiger partial charge >= 0.3 is 0 Å². The number of rotatable bonds is 4. The average molecular weight is 267 g/mol. The van der Waals surface area contributed by atoms with E-state index < -0.39 is 0 Å². The highest BCUT2D eigenvalue weighted by atomic mass is 32.1. The SMILES string of the molecule is CN(C)c1cnn(Cc2nnsc2NN)c(=O)c1. The monoisotopic (exact) mass is 267 g/mol. The van der Waals surface area contributed by atoms with Gasteiger partial charge < -0.3 is 10.3 Å². The lowest BCUT2D eigenvalue weighted by Gasteiger charge is -2.12. The molecule has 0 atom stereocenters. The standard InChI is InChI=1S/C9H13N7OS/c1-15(2)6-3-8(17)16(11-4-6)5-7-9(12-10)18-14-13-7/h3-4,12H,5,10H2,1-2H3. The highest BCUT2D eigenvalue weighted by Crippen LogP contribution is 2.16. The van der Waals surface area contributed by atoms with Crippen LogP contribution < -0.4 is 21.7 Å². The molecule has 8 nitrogen and oxygen atoms in total. The zero-order valence-electron chi connectivity index (χ0n) is 9.99. The number of nitrogens with zero attached hydrogens (tertiary/aromatic N) is 5. The van der Waals surface area contributed by atoms with Crippen LogP contribution in [0.25, 0.3) is 0 Å². The van der Waals surface area contributed by atoms with Crippen LogP contribution in [-0.4, -0.2) is 33.5 Å². The summed E-state index contributed by atoms with van der Waals surface area (Å²) >= 11 is 1.13. The second kappa shape index (κ2) is 5.10. The number of aromatic nitrogens is 4. The fourth-order valence-electron chi connectivity index (χ4n) is 1.35. The Morgan fingerprint density at radius 1 is 1.56 bits per heavy atom. The van der Waals surface area contributed by atoms with Crippen molar-refractivity contribution in [3.63, 3.8) is 0 Å². The minimum Gasteiger partial charge on any atom is -0.376 e. The molecule has 3 N–H and O–H groups in total. The lowest BCUT2D eigenvalue weighted by molar-refractivity contribution is 0.626. The van der Waals surface area contributed by atoms with Gasteiger partial charge in [-0.3, -0.25) is 4.79 Å². The zero-order chi connectivity index (χ0) is 13.1. The maximum absolute atomic E-state index is 11.8. The number of nitrogens with one attached hydrogen (secondary N) is 1. The molecule has 2 heterocycles. The van der Waals surface area contributed by atoms with Crippen molar-refractivity contribution in [2.75, 3.05) is 24.4 Å². The van der Waals surface area contributed by atoms with Crippen LogP contribution in [0.3, 0.4) is 0 Å². The molecular weight excluding hydrogens is 254 g/mol. The summed E-state index contributed by atoms with van der Waals surface area (Å²) in [4.78, 5) is 13.7. The molecular formula is C9H13N7OS. The van der Waals surface area contributed by atoms with Gasteiger partial charge in [0.2, 0.25) is 0 Å². The molecule has 0 spiro atoms. The number of hydrazine groups is 1. The van der Waals surface area contributed by atoms with E-state index in [0.29, 0.717) is 10.7 Å². The first-order valence-corrected chi connectivity index (χ1v) is 5.91. The van der Waals surface area contributed by atoms with Crippen molar-refractivity contribution >= 4 is 22.2 Å². The minimum atomic E-state index is -0.197. The molecule has 2 aromatic heterocycles. The maximum Gasteiger partial charge on any atom is 0.269 e. The first-order chi connectivity index (χ1) is 8.61. The second-order valence-corrected chi connectivity index (χ2v) is 4.55. The summed E-state index contributed by atoms with van der Waals surface area (Å²) in [7, 11) is 3.70. The van der Waals surface area contributed by atoms with Crippen LogP contribution in [-0.2, 0) is 6.54 Å². The van der Waals surface area contributed by atoms with Gasteiger partial charge in [-0.05, 0) is 0 Å². The molecule has 0 bridgehead atoms. The van der Waals surface area contributed by atoms with Gasteiger partial charge in [-0.1, -0.05) is 4.49 Å². The molecule has 0 saturated heterocycles. The van der Waals surface area contributed by atoms with E-state index in [1.165, 1.54) is 10.7 Å². The number of nitrogen functional groups attached to an aromatic ring is 1. The predicted octanol–water partition coefficient (Wildman–Crippen LogP) is -0.505. The topological polar surface area (TPSA) is 102 Å². The summed E-state index contributed by atoms with van der Waals surface area (Å²) in [5.74, 6) is 5.32. The molecule has 96 valence electrons. The first kappa shape index (κ1) is 12.5. The van der Waals surface area contributed by atoms with Crippen LogP contribution in [0.1, 0.15) is 5.69 Å². The van der Waals surface area contributed by atoms with Gasteiger partial charge in [-0.15, -0.1) is 5.10 Å². The molecule has 9 heteroatoms. The Kier molecular flexibility index (Phi) is 3.53. The molecule has 0 radical (unpaired) electrons. The molecule has 2 aromatic rings. The Labute approximate surface area is 107 Å². The molecule has 18 heavy (non-hydrogen) atoms. The van der Waals surface area contributed by atoms with Crippen LogP contribution in [0, 0.1) is 0 Å².